The molecular weight excluding hydrogens is 306 g/mol. The van der Waals surface area contributed by atoms with E-state index < -0.39 is 0 Å². The maximum absolute atomic E-state index is 12.0. The summed E-state index contributed by atoms with van der Waals surface area (Å²) in [6.07, 6.45) is 2.37. The van der Waals surface area contributed by atoms with Gasteiger partial charge in [-0.05, 0) is 24.5 Å². The van der Waals surface area contributed by atoms with Crippen LogP contribution in [0.15, 0.2) is 64.8 Å². The number of carbonyl (C=O) groups excluding carboxylic acids is 1. The predicted octanol–water partition coefficient (Wildman–Crippen LogP) is 3.16. The number of nitrogens with zero attached hydrogens (tertiary/aromatic N) is 2. The van der Waals surface area contributed by atoms with E-state index >= 15 is 0 Å². The molecule has 0 radical (unpaired) electrons. The highest BCUT2D eigenvalue weighted by molar-refractivity contribution is 8.15. The zero-order chi connectivity index (χ0) is 16.1. The number of carbonyl (C=O) groups is 1. The monoisotopic (exact) mass is 323 g/mol. The maximum Gasteiger partial charge on any atom is 0.239 e. The van der Waals surface area contributed by atoms with E-state index in [4.69, 9.17) is 0 Å². The summed E-state index contributed by atoms with van der Waals surface area (Å²) < 4.78 is 0. The second-order valence-electron chi connectivity index (χ2n) is 5.35. The summed E-state index contributed by atoms with van der Waals surface area (Å²) >= 11 is 1.43. The first-order valence-electron chi connectivity index (χ1n) is 7.40. The fourth-order valence-corrected chi connectivity index (χ4v) is 3.29. The van der Waals surface area contributed by atoms with Crippen LogP contribution in [0.4, 0.5) is 0 Å². The SMILES string of the molecule is Cc1cccc(CC2S/C(=N\N=Cc3ccccc3)NC2=O)c1. The molecule has 1 fully saturated rings. The molecule has 0 aliphatic carbocycles. The Morgan fingerprint density at radius 2 is 2.00 bits per heavy atom. The lowest BCUT2D eigenvalue weighted by atomic mass is 10.1. The van der Waals surface area contributed by atoms with Gasteiger partial charge in [0.05, 0.1) is 11.5 Å². The van der Waals surface area contributed by atoms with Crippen LogP contribution < -0.4 is 5.32 Å². The molecule has 0 bridgehead atoms. The minimum atomic E-state index is -0.150. The number of hydrogen-bond donors (Lipinski definition) is 1. The molecule has 1 heterocycles. The Balaban J connectivity index is 1.63. The molecule has 4 nitrogen and oxygen atoms in total. The molecule has 0 aromatic heterocycles. The minimum Gasteiger partial charge on any atom is -0.303 e. The molecule has 3 rings (SSSR count). The van der Waals surface area contributed by atoms with Crippen LogP contribution in [0.25, 0.3) is 0 Å². The molecule has 1 aliphatic rings. The van der Waals surface area contributed by atoms with Gasteiger partial charge in [-0.15, -0.1) is 5.10 Å². The maximum atomic E-state index is 12.0. The summed E-state index contributed by atoms with van der Waals surface area (Å²) in [5.41, 5.74) is 3.33. The van der Waals surface area contributed by atoms with E-state index in [-0.39, 0.29) is 11.2 Å². The van der Waals surface area contributed by atoms with Crippen molar-refractivity contribution in [3.05, 3.63) is 71.3 Å². The van der Waals surface area contributed by atoms with Crippen molar-refractivity contribution in [1.82, 2.24) is 5.32 Å². The minimum absolute atomic E-state index is 0.00910. The average molecular weight is 323 g/mol. The number of thioether (sulfide) groups is 1. The lowest BCUT2D eigenvalue weighted by molar-refractivity contribution is -0.118. The summed E-state index contributed by atoms with van der Waals surface area (Å²) in [6, 6.07) is 18.0. The first-order valence-corrected chi connectivity index (χ1v) is 8.28. The van der Waals surface area contributed by atoms with E-state index in [1.807, 2.05) is 42.5 Å². The third-order valence-electron chi connectivity index (χ3n) is 3.43. The first kappa shape index (κ1) is 15.5. The molecular formula is C18H17N3OS. The van der Waals surface area contributed by atoms with E-state index in [2.05, 4.69) is 34.6 Å². The largest absolute Gasteiger partial charge is 0.303 e. The topological polar surface area (TPSA) is 53.8 Å². The van der Waals surface area contributed by atoms with Crippen molar-refractivity contribution in [3.8, 4) is 0 Å². The van der Waals surface area contributed by atoms with E-state index in [1.165, 1.54) is 17.3 Å². The van der Waals surface area contributed by atoms with Crippen LogP contribution in [0.3, 0.4) is 0 Å². The molecule has 1 unspecified atom stereocenters. The van der Waals surface area contributed by atoms with Gasteiger partial charge in [-0.2, -0.15) is 5.10 Å². The fourth-order valence-electron chi connectivity index (χ4n) is 2.33. The van der Waals surface area contributed by atoms with Crippen LogP contribution in [-0.4, -0.2) is 22.5 Å². The quantitative estimate of drug-likeness (QED) is 0.694. The van der Waals surface area contributed by atoms with Crippen LogP contribution in [0.1, 0.15) is 16.7 Å². The highest BCUT2D eigenvalue weighted by atomic mass is 32.2. The fraction of sp³-hybridized carbons (Fsp3) is 0.167. The number of rotatable bonds is 4. The Hall–Kier alpha value is -2.40. The van der Waals surface area contributed by atoms with E-state index in [1.54, 1.807) is 6.21 Å². The molecule has 0 saturated carbocycles. The van der Waals surface area contributed by atoms with Crippen molar-refractivity contribution in [3.63, 3.8) is 0 Å². The number of nitrogens with one attached hydrogen (secondary N) is 1. The van der Waals surface area contributed by atoms with Gasteiger partial charge in [0.1, 0.15) is 0 Å². The molecule has 0 spiro atoms. The van der Waals surface area contributed by atoms with E-state index in [0.29, 0.717) is 11.6 Å². The van der Waals surface area contributed by atoms with Crippen molar-refractivity contribution in [1.29, 1.82) is 0 Å². The molecule has 23 heavy (non-hydrogen) atoms. The van der Waals surface area contributed by atoms with Gasteiger partial charge in [0.2, 0.25) is 5.91 Å². The summed E-state index contributed by atoms with van der Waals surface area (Å²) in [6.45, 7) is 2.05. The standard InChI is InChI=1S/C18H17N3OS/c1-13-6-5-9-15(10-13)11-16-17(22)20-18(23-16)21-19-12-14-7-3-2-4-8-14/h2-10,12,16H,11H2,1H3,(H,20,21,22). The van der Waals surface area contributed by atoms with Gasteiger partial charge in [-0.3, -0.25) is 4.79 Å². The van der Waals surface area contributed by atoms with Crippen LogP contribution in [-0.2, 0) is 11.2 Å². The van der Waals surface area contributed by atoms with Gasteiger partial charge in [0.15, 0.2) is 5.17 Å². The molecule has 1 amide bonds. The Kier molecular flexibility index (Phi) is 4.88. The van der Waals surface area contributed by atoms with Gasteiger partial charge in [0, 0.05) is 0 Å². The Bertz CT molecular complexity index is 756. The number of hydrogen-bond acceptors (Lipinski definition) is 4. The molecule has 1 atom stereocenters. The van der Waals surface area contributed by atoms with Crippen molar-refractivity contribution < 1.29 is 4.79 Å². The number of amidine groups is 1. The lowest BCUT2D eigenvalue weighted by Gasteiger charge is -2.05. The summed E-state index contributed by atoms with van der Waals surface area (Å²) in [5.74, 6) is -0.00910. The normalized spacial score (nSPS) is 19.4. The van der Waals surface area contributed by atoms with Crippen LogP contribution >= 0.6 is 11.8 Å². The number of aryl methyl sites for hydroxylation is 1. The third-order valence-corrected chi connectivity index (χ3v) is 4.51. The highest BCUT2D eigenvalue weighted by Crippen LogP contribution is 2.23. The lowest BCUT2D eigenvalue weighted by Crippen LogP contribution is -2.25. The molecule has 5 heteroatoms. The van der Waals surface area contributed by atoms with Crippen molar-refractivity contribution in [2.75, 3.05) is 0 Å². The second kappa shape index (κ2) is 7.24. The van der Waals surface area contributed by atoms with Gasteiger partial charge in [-0.1, -0.05) is 71.9 Å². The molecule has 1 saturated heterocycles. The molecule has 1 aliphatic heterocycles. The number of benzene rings is 2. The van der Waals surface area contributed by atoms with Crippen molar-refractivity contribution in [2.45, 2.75) is 18.6 Å². The van der Waals surface area contributed by atoms with Crippen molar-refractivity contribution in [2.24, 2.45) is 10.2 Å². The van der Waals surface area contributed by atoms with Gasteiger partial charge in [-0.25, -0.2) is 0 Å². The Morgan fingerprint density at radius 1 is 1.17 bits per heavy atom. The summed E-state index contributed by atoms with van der Waals surface area (Å²) in [7, 11) is 0. The molecule has 2 aromatic carbocycles. The predicted molar refractivity (Wildman–Crippen MR) is 95.9 cm³/mol. The van der Waals surface area contributed by atoms with Crippen LogP contribution in [0, 0.1) is 6.92 Å². The van der Waals surface area contributed by atoms with Gasteiger partial charge >= 0.3 is 0 Å². The molecule has 116 valence electrons. The Morgan fingerprint density at radius 3 is 2.78 bits per heavy atom. The first-order chi connectivity index (χ1) is 11.2. The smallest absolute Gasteiger partial charge is 0.239 e. The summed E-state index contributed by atoms with van der Waals surface area (Å²) in [4.78, 5) is 12.0. The average Bonchev–Trinajstić information content (AvgIpc) is 2.88. The van der Waals surface area contributed by atoms with Gasteiger partial charge in [0.25, 0.3) is 0 Å². The second-order valence-corrected chi connectivity index (χ2v) is 6.54. The third kappa shape index (κ3) is 4.29. The van der Waals surface area contributed by atoms with E-state index in [0.717, 1.165) is 11.1 Å². The molecule has 1 N–H and O–H groups in total. The zero-order valence-electron chi connectivity index (χ0n) is 12.8. The Labute approximate surface area is 139 Å². The summed E-state index contributed by atoms with van der Waals surface area (Å²) in [5, 5.41) is 11.3. The van der Waals surface area contributed by atoms with Crippen LogP contribution in [0.2, 0.25) is 0 Å². The zero-order valence-corrected chi connectivity index (χ0v) is 13.6. The van der Waals surface area contributed by atoms with Gasteiger partial charge < -0.3 is 5.32 Å². The highest BCUT2D eigenvalue weighted by Gasteiger charge is 2.30. The molecule has 2 aromatic rings. The van der Waals surface area contributed by atoms with E-state index in [9.17, 15) is 4.79 Å². The number of amides is 1. The van der Waals surface area contributed by atoms with Crippen LogP contribution in [0.5, 0.6) is 0 Å². The van der Waals surface area contributed by atoms with Crippen molar-refractivity contribution >= 4 is 29.1 Å².